The largest absolute Gasteiger partial charge is 0.456 e. The molecule has 1 fully saturated rings. The molecule has 0 aromatic carbocycles. The van der Waals surface area contributed by atoms with Gasteiger partial charge in [-0.15, -0.1) is 0 Å². The molecule has 0 amide bonds. The van der Waals surface area contributed by atoms with Crippen LogP contribution in [0.15, 0.2) is 12.2 Å². The number of hydrogen-bond donors (Lipinski definition) is 0. The van der Waals surface area contributed by atoms with Crippen LogP contribution in [0.3, 0.4) is 0 Å². The van der Waals surface area contributed by atoms with Crippen molar-refractivity contribution in [2.75, 3.05) is 0 Å². The first-order valence-corrected chi connectivity index (χ1v) is 13.7. The maximum Gasteiger partial charge on any atom is 0.333 e. The summed E-state index contributed by atoms with van der Waals surface area (Å²) in [5.74, 6) is -0.201. The number of ether oxygens (including phenoxy) is 1. The summed E-state index contributed by atoms with van der Waals surface area (Å²) in [7, 11) is -2.46. The summed E-state index contributed by atoms with van der Waals surface area (Å²) in [6, 6.07) is 2.23. The molecular formula is C14H28O2Si2. The molecule has 0 bridgehead atoms. The molecule has 0 radical (unpaired) electrons. The van der Waals surface area contributed by atoms with E-state index < -0.39 is 16.1 Å². The number of rotatable bonds is 3. The molecule has 0 unspecified atom stereocenters. The Kier molecular flexibility index (Phi) is 4.33. The first kappa shape index (κ1) is 15.7. The van der Waals surface area contributed by atoms with Gasteiger partial charge < -0.3 is 4.74 Å². The maximum atomic E-state index is 11.9. The lowest BCUT2D eigenvalue weighted by Gasteiger charge is -2.49. The van der Waals surface area contributed by atoms with E-state index in [-0.39, 0.29) is 11.6 Å². The average Bonchev–Trinajstić information content (AvgIpc) is 2.12. The Balaban J connectivity index is 2.99. The zero-order valence-electron chi connectivity index (χ0n) is 12.9. The van der Waals surface area contributed by atoms with Crippen LogP contribution in [0.2, 0.25) is 43.9 Å². The van der Waals surface area contributed by atoms with Crippen LogP contribution >= 0.6 is 0 Å². The van der Waals surface area contributed by atoms with Crippen molar-refractivity contribution in [1.29, 1.82) is 0 Å². The molecule has 1 saturated heterocycles. The van der Waals surface area contributed by atoms with Crippen LogP contribution < -0.4 is 0 Å². The Bertz CT molecular complexity index is 343. The minimum atomic E-state index is -1.23. The van der Waals surface area contributed by atoms with Gasteiger partial charge in [0.05, 0.1) is 0 Å². The first-order chi connectivity index (χ1) is 8.01. The SMILES string of the molecule is C=C(C)C(=O)OC1(CC)C[Si](C)(C)C[Si](C)(C)C1. The normalized spacial score (nSPS) is 24.3. The molecule has 0 saturated carbocycles. The summed E-state index contributed by atoms with van der Waals surface area (Å²) < 4.78 is 5.89. The summed E-state index contributed by atoms with van der Waals surface area (Å²) in [5, 5.41) is 0. The van der Waals surface area contributed by atoms with Crippen LogP contribution in [0.1, 0.15) is 20.3 Å². The van der Waals surface area contributed by atoms with Crippen LogP contribution in [0.5, 0.6) is 0 Å². The van der Waals surface area contributed by atoms with Crippen LogP contribution in [0.25, 0.3) is 0 Å². The lowest BCUT2D eigenvalue weighted by Crippen LogP contribution is -2.56. The first-order valence-electron chi connectivity index (χ1n) is 6.90. The Labute approximate surface area is 114 Å². The molecule has 0 atom stereocenters. The van der Waals surface area contributed by atoms with Crippen LogP contribution in [0, 0.1) is 0 Å². The van der Waals surface area contributed by atoms with Gasteiger partial charge in [0.15, 0.2) is 0 Å². The van der Waals surface area contributed by atoms with E-state index in [2.05, 4.69) is 39.7 Å². The Morgan fingerprint density at radius 1 is 1.22 bits per heavy atom. The Morgan fingerprint density at radius 3 is 2.00 bits per heavy atom. The highest BCUT2D eigenvalue weighted by molar-refractivity contribution is 6.96. The molecule has 4 heteroatoms. The van der Waals surface area contributed by atoms with E-state index in [0.29, 0.717) is 5.57 Å². The zero-order chi connectivity index (χ0) is 14.2. The van der Waals surface area contributed by atoms with Crippen LogP contribution in [0.4, 0.5) is 0 Å². The third kappa shape index (κ3) is 3.82. The predicted octanol–water partition coefficient (Wildman–Crippen LogP) is 4.22. The van der Waals surface area contributed by atoms with E-state index in [4.69, 9.17) is 4.74 Å². The number of hydrogen-bond acceptors (Lipinski definition) is 2. The fraction of sp³-hybridized carbons (Fsp3) is 0.786. The Hall–Kier alpha value is -0.356. The predicted molar refractivity (Wildman–Crippen MR) is 83.3 cm³/mol. The quantitative estimate of drug-likeness (QED) is 0.440. The molecule has 1 aliphatic heterocycles. The second kappa shape index (κ2) is 4.96. The summed E-state index contributed by atoms with van der Waals surface area (Å²) in [6.45, 7) is 17.4. The van der Waals surface area contributed by atoms with Gasteiger partial charge in [0, 0.05) is 21.7 Å². The molecule has 2 nitrogen and oxygen atoms in total. The van der Waals surface area contributed by atoms with Crippen molar-refractivity contribution < 1.29 is 9.53 Å². The highest BCUT2D eigenvalue weighted by atomic mass is 28.4. The Morgan fingerprint density at radius 2 is 1.67 bits per heavy atom. The lowest BCUT2D eigenvalue weighted by molar-refractivity contribution is -0.151. The monoisotopic (exact) mass is 284 g/mol. The molecule has 0 spiro atoms. The average molecular weight is 285 g/mol. The topological polar surface area (TPSA) is 26.3 Å². The van der Waals surface area contributed by atoms with Gasteiger partial charge in [0.1, 0.15) is 5.60 Å². The van der Waals surface area contributed by atoms with Gasteiger partial charge in [-0.05, 0) is 25.4 Å². The molecule has 1 heterocycles. The van der Waals surface area contributed by atoms with Crippen molar-refractivity contribution in [3.8, 4) is 0 Å². The van der Waals surface area contributed by atoms with E-state index >= 15 is 0 Å². The van der Waals surface area contributed by atoms with Gasteiger partial charge in [-0.1, -0.05) is 45.4 Å². The minimum Gasteiger partial charge on any atom is -0.456 e. The van der Waals surface area contributed by atoms with Gasteiger partial charge in [0.2, 0.25) is 0 Å². The van der Waals surface area contributed by atoms with Crippen molar-refractivity contribution in [2.45, 2.75) is 69.8 Å². The lowest BCUT2D eigenvalue weighted by atomic mass is 10.1. The van der Waals surface area contributed by atoms with Gasteiger partial charge in [-0.3, -0.25) is 0 Å². The second-order valence-electron chi connectivity index (χ2n) is 7.57. The van der Waals surface area contributed by atoms with Crippen molar-refractivity contribution in [3.63, 3.8) is 0 Å². The van der Waals surface area contributed by atoms with E-state index in [9.17, 15) is 4.79 Å². The minimum absolute atomic E-state index is 0.195. The number of carbonyl (C=O) groups is 1. The van der Waals surface area contributed by atoms with E-state index in [1.54, 1.807) is 6.92 Å². The van der Waals surface area contributed by atoms with E-state index in [1.807, 2.05) is 0 Å². The van der Waals surface area contributed by atoms with Gasteiger partial charge >= 0.3 is 5.97 Å². The van der Waals surface area contributed by atoms with Crippen molar-refractivity contribution >= 4 is 22.1 Å². The molecular weight excluding hydrogens is 256 g/mol. The smallest absolute Gasteiger partial charge is 0.333 e. The number of esters is 1. The van der Waals surface area contributed by atoms with Crippen molar-refractivity contribution in [3.05, 3.63) is 12.2 Å². The summed E-state index contributed by atoms with van der Waals surface area (Å²) >= 11 is 0. The van der Waals surface area contributed by atoms with Crippen LogP contribution in [-0.2, 0) is 9.53 Å². The fourth-order valence-electron chi connectivity index (χ4n) is 3.91. The van der Waals surface area contributed by atoms with Gasteiger partial charge in [0.25, 0.3) is 0 Å². The van der Waals surface area contributed by atoms with Gasteiger partial charge in [-0.25, -0.2) is 4.79 Å². The molecule has 104 valence electrons. The molecule has 0 aliphatic carbocycles. The molecule has 0 aromatic rings. The third-order valence-corrected chi connectivity index (χ3v) is 14.7. The fourth-order valence-corrected chi connectivity index (χ4v) is 19.9. The maximum absolute atomic E-state index is 11.9. The highest BCUT2D eigenvalue weighted by Gasteiger charge is 2.50. The zero-order valence-corrected chi connectivity index (χ0v) is 14.9. The summed E-state index contributed by atoms with van der Waals surface area (Å²) in [5.41, 5.74) is 1.78. The highest BCUT2D eigenvalue weighted by Crippen LogP contribution is 2.45. The van der Waals surface area contributed by atoms with Crippen molar-refractivity contribution in [1.82, 2.24) is 0 Å². The number of carbonyl (C=O) groups excluding carboxylic acids is 1. The second-order valence-corrected chi connectivity index (χ2v) is 18.3. The van der Waals surface area contributed by atoms with Gasteiger partial charge in [-0.2, -0.15) is 0 Å². The summed E-state index contributed by atoms with van der Waals surface area (Å²) in [4.78, 5) is 11.9. The molecule has 0 N–H and O–H groups in total. The molecule has 18 heavy (non-hydrogen) atoms. The third-order valence-electron chi connectivity index (χ3n) is 3.86. The van der Waals surface area contributed by atoms with E-state index in [1.165, 1.54) is 5.67 Å². The standard InChI is InChI=1S/C14H28O2Si2/c1-8-14(16-13(15)12(2)3)9-17(4,5)11-18(6,7)10-14/h2,8-11H2,1,3-7H3. The molecule has 1 aliphatic rings. The van der Waals surface area contributed by atoms with E-state index in [0.717, 1.165) is 18.5 Å². The molecule has 1 rings (SSSR count). The van der Waals surface area contributed by atoms with Crippen LogP contribution in [-0.4, -0.2) is 27.7 Å². The van der Waals surface area contributed by atoms with Crippen molar-refractivity contribution in [2.24, 2.45) is 0 Å². The summed E-state index contributed by atoms with van der Waals surface area (Å²) in [6.07, 6.45) is 0.943. The molecule has 0 aromatic heterocycles.